The van der Waals surface area contributed by atoms with Gasteiger partial charge in [-0.3, -0.25) is 10.1 Å². The number of hydrogen-bond donors (Lipinski definition) is 1. The lowest BCUT2D eigenvalue weighted by atomic mass is 9.85. The van der Waals surface area contributed by atoms with Crippen LogP contribution < -0.4 is 5.32 Å². The minimum absolute atomic E-state index is 0.0590. The standard InChI is InChI=1S/C16H22N2O/c1-11-6-8-14(9-7-11)15-17-12(2)16(19)18(15)10-13-4-3-5-13/h6-9,12-13,15,17H,3-5,10H2,1-2H3. The molecule has 1 aromatic carbocycles. The lowest BCUT2D eigenvalue weighted by molar-refractivity contribution is -0.130. The number of carbonyl (C=O) groups is 1. The zero-order chi connectivity index (χ0) is 13.4. The second-order valence-electron chi connectivity index (χ2n) is 5.99. The van der Waals surface area contributed by atoms with Crippen molar-refractivity contribution in [1.82, 2.24) is 10.2 Å². The first-order valence-corrected chi connectivity index (χ1v) is 7.28. The molecular formula is C16H22N2O. The zero-order valence-electron chi connectivity index (χ0n) is 11.7. The predicted molar refractivity (Wildman–Crippen MR) is 75.6 cm³/mol. The fraction of sp³-hybridized carbons (Fsp3) is 0.562. The number of aryl methyl sites for hydroxylation is 1. The van der Waals surface area contributed by atoms with Gasteiger partial charge in [-0.05, 0) is 38.2 Å². The van der Waals surface area contributed by atoms with Crippen LogP contribution in [0.25, 0.3) is 0 Å². The molecule has 1 saturated carbocycles. The number of nitrogens with one attached hydrogen (secondary N) is 1. The lowest BCUT2D eigenvalue weighted by Crippen LogP contribution is -2.37. The fourth-order valence-corrected chi connectivity index (χ4v) is 2.95. The maximum Gasteiger partial charge on any atom is 0.241 e. The Labute approximate surface area is 115 Å². The van der Waals surface area contributed by atoms with E-state index in [0.717, 1.165) is 6.54 Å². The SMILES string of the molecule is Cc1ccc(C2NC(C)C(=O)N2CC2CCC2)cc1. The van der Waals surface area contributed by atoms with Crippen LogP contribution in [-0.4, -0.2) is 23.4 Å². The van der Waals surface area contributed by atoms with E-state index in [0.29, 0.717) is 5.92 Å². The number of hydrogen-bond acceptors (Lipinski definition) is 2. The van der Waals surface area contributed by atoms with Crippen molar-refractivity contribution in [2.24, 2.45) is 5.92 Å². The second-order valence-corrected chi connectivity index (χ2v) is 5.99. The molecule has 2 unspecified atom stereocenters. The molecule has 3 rings (SSSR count). The Bertz CT molecular complexity index is 464. The van der Waals surface area contributed by atoms with E-state index < -0.39 is 0 Å². The van der Waals surface area contributed by atoms with Gasteiger partial charge in [0.25, 0.3) is 0 Å². The van der Waals surface area contributed by atoms with Crippen molar-refractivity contribution >= 4 is 5.91 Å². The summed E-state index contributed by atoms with van der Waals surface area (Å²) in [6.45, 7) is 4.96. The monoisotopic (exact) mass is 258 g/mol. The van der Waals surface area contributed by atoms with E-state index in [1.807, 2.05) is 11.8 Å². The van der Waals surface area contributed by atoms with Gasteiger partial charge in [-0.25, -0.2) is 0 Å². The third-order valence-corrected chi connectivity index (χ3v) is 4.45. The average Bonchev–Trinajstić information content (AvgIpc) is 2.62. The summed E-state index contributed by atoms with van der Waals surface area (Å²) in [5, 5.41) is 3.42. The predicted octanol–water partition coefficient (Wildman–Crippen LogP) is 2.61. The van der Waals surface area contributed by atoms with Crippen molar-refractivity contribution in [3.05, 3.63) is 35.4 Å². The van der Waals surface area contributed by atoms with Crippen molar-refractivity contribution < 1.29 is 4.79 Å². The summed E-state index contributed by atoms with van der Waals surface area (Å²) in [6.07, 6.45) is 3.94. The van der Waals surface area contributed by atoms with Gasteiger partial charge in [0.05, 0.1) is 6.04 Å². The molecule has 1 aliphatic carbocycles. The van der Waals surface area contributed by atoms with Gasteiger partial charge in [-0.15, -0.1) is 0 Å². The first-order chi connectivity index (χ1) is 9.15. The molecular weight excluding hydrogens is 236 g/mol. The Morgan fingerprint density at radius 2 is 1.95 bits per heavy atom. The fourth-order valence-electron chi connectivity index (χ4n) is 2.95. The van der Waals surface area contributed by atoms with Gasteiger partial charge in [-0.2, -0.15) is 0 Å². The van der Waals surface area contributed by atoms with Gasteiger partial charge in [-0.1, -0.05) is 36.2 Å². The average molecular weight is 258 g/mol. The van der Waals surface area contributed by atoms with E-state index in [1.54, 1.807) is 0 Å². The highest BCUT2D eigenvalue weighted by Crippen LogP contribution is 2.32. The zero-order valence-corrected chi connectivity index (χ0v) is 11.7. The van der Waals surface area contributed by atoms with Crippen LogP contribution >= 0.6 is 0 Å². The maximum absolute atomic E-state index is 12.3. The molecule has 1 N–H and O–H groups in total. The molecule has 102 valence electrons. The quantitative estimate of drug-likeness (QED) is 0.904. The summed E-state index contributed by atoms with van der Waals surface area (Å²) >= 11 is 0. The molecule has 3 nitrogen and oxygen atoms in total. The molecule has 2 atom stereocenters. The summed E-state index contributed by atoms with van der Waals surface area (Å²) in [4.78, 5) is 14.3. The summed E-state index contributed by atoms with van der Waals surface area (Å²) in [5.74, 6) is 0.960. The highest BCUT2D eigenvalue weighted by molar-refractivity contribution is 5.84. The minimum Gasteiger partial charge on any atom is -0.321 e. The number of carbonyl (C=O) groups excluding carboxylic acids is 1. The van der Waals surface area contributed by atoms with E-state index in [1.165, 1.54) is 30.4 Å². The van der Waals surface area contributed by atoms with Crippen molar-refractivity contribution in [3.63, 3.8) is 0 Å². The Morgan fingerprint density at radius 1 is 1.26 bits per heavy atom. The second kappa shape index (κ2) is 4.97. The lowest BCUT2D eigenvalue weighted by Gasteiger charge is -2.33. The Balaban J connectivity index is 1.80. The normalized spacial score (nSPS) is 27.7. The van der Waals surface area contributed by atoms with Crippen LogP contribution in [0.1, 0.15) is 43.5 Å². The van der Waals surface area contributed by atoms with Gasteiger partial charge < -0.3 is 4.90 Å². The van der Waals surface area contributed by atoms with Crippen LogP contribution in [0.5, 0.6) is 0 Å². The van der Waals surface area contributed by atoms with Crippen LogP contribution in [0.4, 0.5) is 0 Å². The first-order valence-electron chi connectivity index (χ1n) is 7.28. The summed E-state index contributed by atoms with van der Waals surface area (Å²) in [6, 6.07) is 8.43. The van der Waals surface area contributed by atoms with E-state index in [4.69, 9.17) is 0 Å². The molecule has 0 radical (unpaired) electrons. The molecule has 1 aromatic rings. The molecule has 1 heterocycles. The molecule has 3 heteroatoms. The number of rotatable bonds is 3. The minimum atomic E-state index is -0.0635. The van der Waals surface area contributed by atoms with Gasteiger partial charge in [0, 0.05) is 6.54 Å². The number of amides is 1. The van der Waals surface area contributed by atoms with E-state index in [9.17, 15) is 4.79 Å². The van der Waals surface area contributed by atoms with Crippen LogP contribution in [0, 0.1) is 12.8 Å². The molecule has 19 heavy (non-hydrogen) atoms. The van der Waals surface area contributed by atoms with Crippen LogP contribution in [0.3, 0.4) is 0 Å². The van der Waals surface area contributed by atoms with Crippen LogP contribution in [0.2, 0.25) is 0 Å². The Kier molecular flexibility index (Phi) is 3.31. The van der Waals surface area contributed by atoms with E-state index >= 15 is 0 Å². The van der Waals surface area contributed by atoms with Gasteiger partial charge in [0.2, 0.25) is 5.91 Å². The largest absolute Gasteiger partial charge is 0.321 e. The number of nitrogens with zero attached hydrogens (tertiary/aromatic N) is 1. The maximum atomic E-state index is 12.3. The summed E-state index contributed by atoms with van der Waals surface area (Å²) in [7, 11) is 0. The molecule has 1 amide bonds. The van der Waals surface area contributed by atoms with Gasteiger partial charge in [0.15, 0.2) is 0 Å². The molecule has 2 fully saturated rings. The highest BCUT2D eigenvalue weighted by Gasteiger charge is 2.38. The van der Waals surface area contributed by atoms with Gasteiger partial charge >= 0.3 is 0 Å². The van der Waals surface area contributed by atoms with Gasteiger partial charge in [0.1, 0.15) is 6.17 Å². The summed E-state index contributed by atoms with van der Waals surface area (Å²) < 4.78 is 0. The van der Waals surface area contributed by atoms with Crippen LogP contribution in [-0.2, 0) is 4.79 Å². The molecule has 0 spiro atoms. The van der Waals surface area contributed by atoms with E-state index in [-0.39, 0.29) is 18.1 Å². The molecule has 2 aliphatic rings. The first kappa shape index (κ1) is 12.7. The van der Waals surface area contributed by atoms with Crippen LogP contribution in [0.15, 0.2) is 24.3 Å². The summed E-state index contributed by atoms with van der Waals surface area (Å²) in [5.41, 5.74) is 2.45. The molecule has 1 aliphatic heterocycles. The number of benzene rings is 1. The van der Waals surface area contributed by atoms with Crippen molar-refractivity contribution in [2.45, 2.75) is 45.3 Å². The molecule has 1 saturated heterocycles. The topological polar surface area (TPSA) is 32.3 Å². The highest BCUT2D eigenvalue weighted by atomic mass is 16.2. The smallest absolute Gasteiger partial charge is 0.241 e. The Hall–Kier alpha value is -1.35. The van der Waals surface area contributed by atoms with Crippen molar-refractivity contribution in [3.8, 4) is 0 Å². The third-order valence-electron chi connectivity index (χ3n) is 4.45. The molecule has 0 bridgehead atoms. The van der Waals surface area contributed by atoms with E-state index in [2.05, 4.69) is 36.5 Å². The van der Waals surface area contributed by atoms with Crippen molar-refractivity contribution in [1.29, 1.82) is 0 Å². The molecule has 0 aromatic heterocycles. The van der Waals surface area contributed by atoms with Crippen molar-refractivity contribution in [2.75, 3.05) is 6.54 Å². The third kappa shape index (κ3) is 2.39. The Morgan fingerprint density at radius 3 is 2.53 bits per heavy atom.